The van der Waals surface area contributed by atoms with Gasteiger partial charge in [-0.05, 0) is 18.7 Å². The lowest BCUT2D eigenvalue weighted by atomic mass is 10.2. The summed E-state index contributed by atoms with van der Waals surface area (Å²) in [7, 11) is 1.85. The van der Waals surface area contributed by atoms with E-state index >= 15 is 0 Å². The monoisotopic (exact) mass is 275 g/mol. The molecule has 0 spiro atoms. The van der Waals surface area contributed by atoms with Crippen LogP contribution in [-0.4, -0.2) is 62.0 Å². The van der Waals surface area contributed by atoms with Gasteiger partial charge in [-0.25, -0.2) is 0 Å². The number of para-hydroxylation sites is 1. The van der Waals surface area contributed by atoms with Crippen LogP contribution in [0.1, 0.15) is 13.3 Å². The Hall–Kier alpha value is -1.39. The number of likely N-dealkylation sites (N-methyl/N-ethyl adjacent to an activating group) is 1. The summed E-state index contributed by atoms with van der Waals surface area (Å²) in [5.41, 5.74) is 0.966. The molecule has 1 aromatic carbocycles. The van der Waals surface area contributed by atoms with Gasteiger partial charge in [0.2, 0.25) is 5.91 Å². The molecule has 1 aliphatic rings. The van der Waals surface area contributed by atoms with Crippen LogP contribution < -0.4 is 4.90 Å². The van der Waals surface area contributed by atoms with Crippen molar-refractivity contribution in [3.8, 4) is 0 Å². The third kappa shape index (κ3) is 4.05. The zero-order chi connectivity index (χ0) is 14.4. The van der Waals surface area contributed by atoms with Crippen molar-refractivity contribution in [2.75, 3.05) is 51.2 Å². The van der Waals surface area contributed by atoms with Gasteiger partial charge in [0.15, 0.2) is 0 Å². The predicted molar refractivity (Wildman–Crippen MR) is 83.0 cm³/mol. The lowest BCUT2D eigenvalue weighted by molar-refractivity contribution is -0.118. The molecular formula is C16H25N3O. The molecule has 4 nitrogen and oxygen atoms in total. The zero-order valence-electron chi connectivity index (χ0n) is 12.6. The van der Waals surface area contributed by atoms with Gasteiger partial charge in [-0.2, -0.15) is 0 Å². The van der Waals surface area contributed by atoms with Crippen molar-refractivity contribution >= 4 is 11.6 Å². The van der Waals surface area contributed by atoms with E-state index in [0.29, 0.717) is 6.42 Å². The van der Waals surface area contributed by atoms with Crippen LogP contribution in [0.3, 0.4) is 0 Å². The number of hydrogen-bond donors (Lipinski definition) is 0. The van der Waals surface area contributed by atoms with E-state index in [-0.39, 0.29) is 5.91 Å². The number of carbonyl (C=O) groups is 1. The zero-order valence-corrected chi connectivity index (χ0v) is 12.6. The highest BCUT2D eigenvalue weighted by Gasteiger charge is 2.17. The molecule has 0 radical (unpaired) electrons. The summed E-state index contributed by atoms with van der Waals surface area (Å²) in [5, 5.41) is 0. The number of nitrogens with zero attached hydrogens (tertiary/aromatic N) is 3. The Morgan fingerprint density at radius 1 is 1.10 bits per heavy atom. The van der Waals surface area contributed by atoms with Crippen LogP contribution in [0.2, 0.25) is 0 Å². The third-order valence-electron chi connectivity index (χ3n) is 4.07. The van der Waals surface area contributed by atoms with Crippen LogP contribution in [0.15, 0.2) is 30.3 Å². The van der Waals surface area contributed by atoms with Gasteiger partial charge in [0.25, 0.3) is 0 Å². The number of benzene rings is 1. The van der Waals surface area contributed by atoms with Crippen molar-refractivity contribution in [2.45, 2.75) is 13.3 Å². The van der Waals surface area contributed by atoms with Gasteiger partial charge >= 0.3 is 0 Å². The molecule has 4 heteroatoms. The molecule has 1 fully saturated rings. The highest BCUT2D eigenvalue weighted by atomic mass is 16.2. The molecule has 0 bridgehead atoms. The molecule has 20 heavy (non-hydrogen) atoms. The second-order valence-corrected chi connectivity index (χ2v) is 5.31. The number of rotatable bonds is 5. The molecule has 0 atom stereocenters. The minimum Gasteiger partial charge on any atom is -0.315 e. The Bertz CT molecular complexity index is 413. The smallest absolute Gasteiger partial charge is 0.228 e. The number of hydrogen-bond acceptors (Lipinski definition) is 3. The van der Waals surface area contributed by atoms with Gasteiger partial charge in [-0.1, -0.05) is 25.1 Å². The van der Waals surface area contributed by atoms with Crippen molar-refractivity contribution in [3.05, 3.63) is 30.3 Å². The number of anilines is 1. The highest BCUT2D eigenvalue weighted by molar-refractivity contribution is 5.92. The van der Waals surface area contributed by atoms with Crippen molar-refractivity contribution in [3.63, 3.8) is 0 Å². The maximum Gasteiger partial charge on any atom is 0.228 e. The Kier molecular flexibility index (Phi) is 5.56. The standard InChI is InChI=1S/C16H25N3O/c1-3-18-11-13-19(14-12-18)10-9-16(20)17(2)15-7-5-4-6-8-15/h4-8H,3,9-14H2,1-2H3. The quantitative estimate of drug-likeness (QED) is 0.818. The molecule has 1 aromatic rings. The minimum atomic E-state index is 0.189. The minimum absolute atomic E-state index is 0.189. The van der Waals surface area contributed by atoms with E-state index in [0.717, 1.165) is 45.0 Å². The summed E-state index contributed by atoms with van der Waals surface area (Å²) in [4.78, 5) is 18.8. The molecule has 2 rings (SSSR count). The highest BCUT2D eigenvalue weighted by Crippen LogP contribution is 2.12. The number of carbonyl (C=O) groups excluding carboxylic acids is 1. The number of piperazine rings is 1. The van der Waals surface area contributed by atoms with E-state index in [4.69, 9.17) is 0 Å². The molecule has 0 aliphatic carbocycles. The topological polar surface area (TPSA) is 26.8 Å². The summed E-state index contributed by atoms with van der Waals surface area (Å²) < 4.78 is 0. The first kappa shape index (κ1) is 15.0. The Morgan fingerprint density at radius 3 is 2.30 bits per heavy atom. The second-order valence-electron chi connectivity index (χ2n) is 5.31. The van der Waals surface area contributed by atoms with Crippen molar-refractivity contribution in [1.82, 2.24) is 9.80 Å². The predicted octanol–water partition coefficient (Wildman–Crippen LogP) is 1.68. The molecule has 0 aromatic heterocycles. The van der Waals surface area contributed by atoms with E-state index in [9.17, 15) is 4.79 Å². The normalized spacial score (nSPS) is 17.1. The molecule has 1 aliphatic heterocycles. The average Bonchev–Trinajstić information content (AvgIpc) is 2.53. The van der Waals surface area contributed by atoms with Gasteiger partial charge in [-0.3, -0.25) is 4.79 Å². The van der Waals surface area contributed by atoms with Crippen LogP contribution in [-0.2, 0) is 4.79 Å². The molecule has 1 saturated heterocycles. The van der Waals surface area contributed by atoms with E-state index in [1.165, 1.54) is 0 Å². The lowest BCUT2D eigenvalue weighted by Crippen LogP contribution is -2.47. The first-order chi connectivity index (χ1) is 9.70. The van der Waals surface area contributed by atoms with Gasteiger partial charge < -0.3 is 14.7 Å². The fourth-order valence-corrected chi connectivity index (χ4v) is 2.55. The van der Waals surface area contributed by atoms with Crippen molar-refractivity contribution < 1.29 is 4.79 Å². The maximum atomic E-state index is 12.2. The average molecular weight is 275 g/mol. The fraction of sp³-hybridized carbons (Fsp3) is 0.562. The van der Waals surface area contributed by atoms with Gasteiger partial charge in [-0.15, -0.1) is 0 Å². The molecule has 0 N–H and O–H groups in total. The Morgan fingerprint density at radius 2 is 1.70 bits per heavy atom. The molecule has 0 saturated carbocycles. The Labute approximate surface area is 122 Å². The molecule has 0 unspecified atom stereocenters. The van der Waals surface area contributed by atoms with Crippen LogP contribution in [0.4, 0.5) is 5.69 Å². The van der Waals surface area contributed by atoms with E-state index in [2.05, 4.69) is 16.7 Å². The first-order valence-corrected chi connectivity index (χ1v) is 7.47. The lowest BCUT2D eigenvalue weighted by Gasteiger charge is -2.34. The van der Waals surface area contributed by atoms with Gasteiger partial charge in [0.05, 0.1) is 0 Å². The van der Waals surface area contributed by atoms with Crippen molar-refractivity contribution in [2.24, 2.45) is 0 Å². The SMILES string of the molecule is CCN1CCN(CCC(=O)N(C)c2ccccc2)CC1. The summed E-state index contributed by atoms with van der Waals surface area (Å²) in [5.74, 6) is 0.189. The van der Waals surface area contributed by atoms with Crippen LogP contribution in [0.25, 0.3) is 0 Å². The van der Waals surface area contributed by atoms with Gasteiger partial charge in [0.1, 0.15) is 0 Å². The third-order valence-corrected chi connectivity index (χ3v) is 4.07. The van der Waals surface area contributed by atoms with Crippen LogP contribution in [0, 0.1) is 0 Å². The number of amides is 1. The van der Waals surface area contributed by atoms with Crippen LogP contribution >= 0.6 is 0 Å². The van der Waals surface area contributed by atoms with E-state index in [1.807, 2.05) is 37.4 Å². The second kappa shape index (κ2) is 7.41. The van der Waals surface area contributed by atoms with E-state index in [1.54, 1.807) is 4.90 Å². The largest absolute Gasteiger partial charge is 0.315 e. The molecular weight excluding hydrogens is 250 g/mol. The molecule has 1 heterocycles. The Balaban J connectivity index is 1.75. The van der Waals surface area contributed by atoms with Gasteiger partial charge in [0, 0.05) is 51.9 Å². The first-order valence-electron chi connectivity index (χ1n) is 7.47. The van der Waals surface area contributed by atoms with Crippen molar-refractivity contribution in [1.29, 1.82) is 0 Å². The summed E-state index contributed by atoms with van der Waals surface area (Å²) in [6.45, 7) is 8.61. The maximum absolute atomic E-state index is 12.2. The molecule has 1 amide bonds. The summed E-state index contributed by atoms with van der Waals surface area (Å²) in [6, 6.07) is 9.83. The fourth-order valence-electron chi connectivity index (χ4n) is 2.55. The molecule has 110 valence electrons. The van der Waals surface area contributed by atoms with E-state index < -0.39 is 0 Å². The van der Waals surface area contributed by atoms with Crippen LogP contribution in [0.5, 0.6) is 0 Å². The summed E-state index contributed by atoms with van der Waals surface area (Å²) >= 11 is 0. The summed E-state index contributed by atoms with van der Waals surface area (Å²) in [6.07, 6.45) is 0.595.